The lowest BCUT2D eigenvalue weighted by Gasteiger charge is -2.29. The molecular formula is C16H25ClN2O. The Morgan fingerprint density at radius 3 is 2.45 bits per heavy atom. The molecule has 0 saturated heterocycles. The summed E-state index contributed by atoms with van der Waals surface area (Å²) in [4.78, 5) is 0. The van der Waals surface area contributed by atoms with E-state index in [1.54, 1.807) is 7.11 Å². The van der Waals surface area contributed by atoms with Crippen molar-refractivity contribution in [1.82, 2.24) is 5.43 Å². The fourth-order valence-electron chi connectivity index (χ4n) is 3.25. The van der Waals surface area contributed by atoms with E-state index in [1.165, 1.54) is 44.9 Å². The van der Waals surface area contributed by atoms with Crippen molar-refractivity contribution < 1.29 is 4.74 Å². The highest BCUT2D eigenvalue weighted by Crippen LogP contribution is 2.37. The summed E-state index contributed by atoms with van der Waals surface area (Å²) in [5, 5.41) is 0.729. The van der Waals surface area contributed by atoms with Gasteiger partial charge >= 0.3 is 0 Å². The predicted octanol–water partition coefficient (Wildman–Crippen LogP) is 4.21. The number of hydrazine groups is 1. The molecule has 3 nitrogen and oxygen atoms in total. The molecule has 1 unspecified atom stereocenters. The average Bonchev–Trinajstić information content (AvgIpc) is 2.42. The molecule has 1 aliphatic carbocycles. The van der Waals surface area contributed by atoms with Gasteiger partial charge in [-0.15, -0.1) is 0 Å². The molecule has 3 N–H and O–H groups in total. The molecule has 0 radical (unpaired) electrons. The lowest BCUT2D eigenvalue weighted by molar-refractivity contribution is 0.283. The van der Waals surface area contributed by atoms with E-state index in [0.717, 1.165) is 16.3 Å². The standard InChI is InChI=1S/C16H25ClN2O/c1-20-15-10-9-13(17)11-14(15)16(19-18)12-7-5-3-2-4-6-8-12/h9-12,16,19H,2-8,18H2,1H3. The van der Waals surface area contributed by atoms with Crippen molar-refractivity contribution in [3.05, 3.63) is 28.8 Å². The Balaban J connectivity index is 2.23. The van der Waals surface area contributed by atoms with E-state index in [1.807, 2.05) is 18.2 Å². The minimum atomic E-state index is 0.113. The molecule has 1 fully saturated rings. The molecular weight excluding hydrogens is 272 g/mol. The van der Waals surface area contributed by atoms with Gasteiger partial charge in [0.2, 0.25) is 0 Å². The van der Waals surface area contributed by atoms with Crippen LogP contribution in [-0.4, -0.2) is 7.11 Å². The van der Waals surface area contributed by atoms with Crippen molar-refractivity contribution in [3.63, 3.8) is 0 Å². The maximum absolute atomic E-state index is 6.15. The number of hydrogen-bond acceptors (Lipinski definition) is 3. The van der Waals surface area contributed by atoms with Gasteiger partial charge in [0.15, 0.2) is 0 Å². The summed E-state index contributed by atoms with van der Waals surface area (Å²) in [5.41, 5.74) is 4.08. The summed E-state index contributed by atoms with van der Waals surface area (Å²) in [7, 11) is 1.69. The number of rotatable bonds is 4. The third-order valence-electron chi connectivity index (χ3n) is 4.33. The first kappa shape index (κ1) is 15.6. The normalized spacial score (nSPS) is 19.1. The van der Waals surface area contributed by atoms with Crippen LogP contribution in [0.5, 0.6) is 5.75 Å². The zero-order chi connectivity index (χ0) is 14.4. The molecule has 0 amide bonds. The van der Waals surface area contributed by atoms with E-state index < -0.39 is 0 Å². The summed E-state index contributed by atoms with van der Waals surface area (Å²) in [6.45, 7) is 0. The van der Waals surface area contributed by atoms with Gasteiger partial charge in [-0.05, 0) is 37.0 Å². The van der Waals surface area contributed by atoms with Crippen LogP contribution in [-0.2, 0) is 0 Å². The summed E-state index contributed by atoms with van der Waals surface area (Å²) in [6, 6.07) is 5.87. The van der Waals surface area contributed by atoms with Gasteiger partial charge < -0.3 is 4.74 Å². The monoisotopic (exact) mass is 296 g/mol. The average molecular weight is 297 g/mol. The zero-order valence-corrected chi connectivity index (χ0v) is 13.0. The number of nitrogens with two attached hydrogens (primary N) is 1. The maximum Gasteiger partial charge on any atom is 0.123 e. The van der Waals surface area contributed by atoms with Crippen molar-refractivity contribution in [1.29, 1.82) is 0 Å². The smallest absolute Gasteiger partial charge is 0.123 e. The second-order valence-corrected chi connectivity index (χ2v) is 6.07. The Kier molecular flexibility index (Phi) is 6.14. The van der Waals surface area contributed by atoms with E-state index >= 15 is 0 Å². The fraction of sp³-hybridized carbons (Fsp3) is 0.625. The summed E-state index contributed by atoms with van der Waals surface area (Å²) < 4.78 is 5.48. The van der Waals surface area contributed by atoms with Crippen LogP contribution in [0, 0.1) is 5.92 Å². The molecule has 0 heterocycles. The van der Waals surface area contributed by atoms with Gasteiger partial charge in [-0.25, -0.2) is 0 Å². The third kappa shape index (κ3) is 3.87. The fourth-order valence-corrected chi connectivity index (χ4v) is 3.43. The van der Waals surface area contributed by atoms with Gasteiger partial charge in [0.25, 0.3) is 0 Å². The SMILES string of the molecule is COc1ccc(Cl)cc1C(NN)C1CCCCCCC1. The number of benzene rings is 1. The van der Waals surface area contributed by atoms with Crippen LogP contribution in [0.25, 0.3) is 0 Å². The summed E-state index contributed by atoms with van der Waals surface area (Å²) in [6.07, 6.45) is 9.03. The Morgan fingerprint density at radius 1 is 1.20 bits per heavy atom. The lowest BCUT2D eigenvalue weighted by Crippen LogP contribution is -2.34. The van der Waals surface area contributed by atoms with Gasteiger partial charge in [-0.2, -0.15) is 0 Å². The molecule has 0 bridgehead atoms. The summed E-state index contributed by atoms with van der Waals surface area (Å²) >= 11 is 6.15. The Labute approximate surface area is 126 Å². The molecule has 20 heavy (non-hydrogen) atoms. The van der Waals surface area contributed by atoms with E-state index in [4.69, 9.17) is 22.2 Å². The molecule has 1 aromatic rings. The zero-order valence-electron chi connectivity index (χ0n) is 12.2. The van der Waals surface area contributed by atoms with Crippen molar-refractivity contribution in [2.75, 3.05) is 7.11 Å². The first-order chi connectivity index (χ1) is 9.76. The molecule has 1 aromatic carbocycles. The number of hydrogen-bond donors (Lipinski definition) is 2. The second kappa shape index (κ2) is 7.87. The third-order valence-corrected chi connectivity index (χ3v) is 4.56. The highest BCUT2D eigenvalue weighted by atomic mass is 35.5. The van der Waals surface area contributed by atoms with Gasteiger partial charge in [-0.1, -0.05) is 43.7 Å². The second-order valence-electron chi connectivity index (χ2n) is 5.64. The Morgan fingerprint density at radius 2 is 1.85 bits per heavy atom. The van der Waals surface area contributed by atoms with Crippen LogP contribution in [0.15, 0.2) is 18.2 Å². The molecule has 0 aliphatic heterocycles. The van der Waals surface area contributed by atoms with E-state index in [9.17, 15) is 0 Å². The van der Waals surface area contributed by atoms with Gasteiger partial charge in [0.1, 0.15) is 5.75 Å². The van der Waals surface area contributed by atoms with Crippen LogP contribution in [0.1, 0.15) is 56.6 Å². The molecule has 0 spiro atoms. The molecule has 2 rings (SSSR count). The molecule has 1 saturated carbocycles. The van der Waals surface area contributed by atoms with E-state index in [-0.39, 0.29) is 6.04 Å². The topological polar surface area (TPSA) is 47.3 Å². The van der Waals surface area contributed by atoms with Crippen LogP contribution in [0.3, 0.4) is 0 Å². The number of nitrogens with one attached hydrogen (secondary N) is 1. The van der Waals surface area contributed by atoms with Crippen LogP contribution >= 0.6 is 11.6 Å². The molecule has 0 aromatic heterocycles. The van der Waals surface area contributed by atoms with Crippen molar-refractivity contribution in [3.8, 4) is 5.75 Å². The quantitative estimate of drug-likeness (QED) is 0.646. The maximum atomic E-state index is 6.15. The van der Waals surface area contributed by atoms with Gasteiger partial charge in [0.05, 0.1) is 13.2 Å². The molecule has 1 atom stereocenters. The first-order valence-corrected chi connectivity index (χ1v) is 7.93. The van der Waals surface area contributed by atoms with Crippen molar-refractivity contribution in [2.24, 2.45) is 11.8 Å². The first-order valence-electron chi connectivity index (χ1n) is 7.56. The molecule has 1 aliphatic rings. The Bertz CT molecular complexity index is 417. The van der Waals surface area contributed by atoms with Crippen molar-refractivity contribution in [2.45, 2.75) is 51.0 Å². The van der Waals surface area contributed by atoms with Gasteiger partial charge in [0, 0.05) is 10.6 Å². The Hall–Kier alpha value is -0.770. The summed E-state index contributed by atoms with van der Waals surface area (Å²) in [5.74, 6) is 7.26. The van der Waals surface area contributed by atoms with E-state index in [2.05, 4.69) is 5.43 Å². The van der Waals surface area contributed by atoms with Gasteiger partial charge in [-0.3, -0.25) is 11.3 Å². The highest BCUT2D eigenvalue weighted by molar-refractivity contribution is 6.30. The lowest BCUT2D eigenvalue weighted by atomic mass is 9.83. The number of methoxy groups -OCH3 is 1. The van der Waals surface area contributed by atoms with Crippen molar-refractivity contribution >= 4 is 11.6 Å². The van der Waals surface area contributed by atoms with E-state index in [0.29, 0.717) is 5.92 Å². The van der Waals surface area contributed by atoms with Crippen LogP contribution in [0.2, 0.25) is 5.02 Å². The largest absolute Gasteiger partial charge is 0.496 e. The number of halogens is 1. The van der Waals surface area contributed by atoms with Crippen LogP contribution in [0.4, 0.5) is 0 Å². The minimum absolute atomic E-state index is 0.113. The predicted molar refractivity (Wildman–Crippen MR) is 83.9 cm³/mol. The minimum Gasteiger partial charge on any atom is -0.496 e. The molecule has 4 heteroatoms. The number of ether oxygens (including phenoxy) is 1. The van der Waals surface area contributed by atoms with Crippen LogP contribution < -0.4 is 16.0 Å². The molecule has 112 valence electrons. The highest BCUT2D eigenvalue weighted by Gasteiger charge is 2.25.